The summed E-state index contributed by atoms with van der Waals surface area (Å²) in [6.45, 7) is 5.91. The van der Waals surface area contributed by atoms with Crippen LogP contribution in [0.1, 0.15) is 37.3 Å². The maximum Gasteiger partial charge on any atom is 0.261 e. The van der Waals surface area contributed by atoms with Crippen LogP contribution in [0.5, 0.6) is 0 Å². The zero-order chi connectivity index (χ0) is 16.3. The maximum atomic E-state index is 13.3. The van der Waals surface area contributed by atoms with Gasteiger partial charge in [0.1, 0.15) is 5.82 Å². The van der Waals surface area contributed by atoms with Crippen LogP contribution in [0.3, 0.4) is 0 Å². The molecule has 2 aromatic carbocycles. The van der Waals surface area contributed by atoms with Crippen molar-refractivity contribution in [1.82, 2.24) is 0 Å². The molecule has 0 heterocycles. The Morgan fingerprint density at radius 1 is 1.14 bits per heavy atom. The lowest BCUT2D eigenvalue weighted by atomic mass is 9.99. The Morgan fingerprint density at radius 3 is 2.36 bits per heavy atom. The quantitative estimate of drug-likeness (QED) is 0.884. The van der Waals surface area contributed by atoms with E-state index in [0.29, 0.717) is 11.5 Å². The van der Waals surface area contributed by atoms with Gasteiger partial charge in [-0.3, -0.25) is 4.72 Å². The zero-order valence-corrected chi connectivity index (χ0v) is 13.7. The van der Waals surface area contributed by atoms with Crippen LogP contribution in [0.4, 0.5) is 10.1 Å². The van der Waals surface area contributed by atoms with Crippen LogP contribution in [0.25, 0.3) is 0 Å². The predicted octanol–water partition coefficient (Wildman–Crippen LogP) is 4.45. The van der Waals surface area contributed by atoms with Crippen molar-refractivity contribution in [2.75, 3.05) is 4.72 Å². The van der Waals surface area contributed by atoms with Crippen molar-refractivity contribution in [3.63, 3.8) is 0 Å². The van der Waals surface area contributed by atoms with Gasteiger partial charge >= 0.3 is 0 Å². The van der Waals surface area contributed by atoms with Crippen molar-refractivity contribution in [2.24, 2.45) is 0 Å². The molecule has 2 aromatic rings. The number of anilines is 1. The number of rotatable bonds is 5. The third-order valence-electron chi connectivity index (χ3n) is 3.82. The minimum absolute atomic E-state index is 0.170. The van der Waals surface area contributed by atoms with Gasteiger partial charge in [-0.25, -0.2) is 12.8 Å². The lowest BCUT2D eigenvalue weighted by Gasteiger charge is -2.12. The van der Waals surface area contributed by atoms with E-state index >= 15 is 0 Å². The first-order valence-corrected chi connectivity index (χ1v) is 8.70. The van der Waals surface area contributed by atoms with Gasteiger partial charge in [0.15, 0.2) is 0 Å². The minimum Gasteiger partial charge on any atom is -0.279 e. The molecule has 0 aliphatic carbocycles. The van der Waals surface area contributed by atoms with Crippen LogP contribution in [0, 0.1) is 12.7 Å². The summed E-state index contributed by atoms with van der Waals surface area (Å²) in [5.41, 5.74) is 2.02. The summed E-state index contributed by atoms with van der Waals surface area (Å²) in [6, 6.07) is 10.8. The Labute approximate surface area is 131 Å². The molecule has 0 aliphatic rings. The molecule has 0 aromatic heterocycles. The number of sulfonamides is 1. The lowest BCUT2D eigenvalue weighted by molar-refractivity contribution is 0.601. The third kappa shape index (κ3) is 3.65. The molecule has 0 amide bonds. The number of nitrogens with one attached hydrogen (secondary N) is 1. The van der Waals surface area contributed by atoms with Gasteiger partial charge in [-0.05, 0) is 54.7 Å². The summed E-state index contributed by atoms with van der Waals surface area (Å²) in [5.74, 6) is -0.0920. The molecule has 1 N–H and O–H groups in total. The highest BCUT2D eigenvalue weighted by molar-refractivity contribution is 7.92. The van der Waals surface area contributed by atoms with E-state index in [1.807, 2.05) is 12.1 Å². The van der Waals surface area contributed by atoms with Gasteiger partial charge in [-0.2, -0.15) is 0 Å². The van der Waals surface area contributed by atoms with Gasteiger partial charge < -0.3 is 0 Å². The summed E-state index contributed by atoms with van der Waals surface area (Å²) in [4.78, 5) is 0.170. The van der Waals surface area contributed by atoms with Crippen molar-refractivity contribution in [3.05, 3.63) is 59.4 Å². The minimum atomic E-state index is -3.72. The van der Waals surface area contributed by atoms with Gasteiger partial charge in [0, 0.05) is 0 Å². The molecular formula is C17H20FNO2S. The molecule has 0 saturated heterocycles. The lowest BCUT2D eigenvalue weighted by Crippen LogP contribution is -2.14. The van der Waals surface area contributed by atoms with E-state index in [2.05, 4.69) is 18.6 Å². The molecule has 22 heavy (non-hydrogen) atoms. The Bertz CT molecular complexity index is 755. The molecule has 0 radical (unpaired) electrons. The number of benzene rings is 2. The molecule has 1 atom stereocenters. The van der Waals surface area contributed by atoms with Crippen molar-refractivity contribution in [2.45, 2.75) is 38.0 Å². The topological polar surface area (TPSA) is 46.2 Å². The Morgan fingerprint density at radius 2 is 1.77 bits per heavy atom. The number of aryl methyl sites for hydroxylation is 1. The third-order valence-corrected chi connectivity index (χ3v) is 5.20. The van der Waals surface area contributed by atoms with Gasteiger partial charge in [-0.1, -0.05) is 32.0 Å². The molecule has 0 bridgehead atoms. The highest BCUT2D eigenvalue weighted by atomic mass is 32.2. The molecule has 5 heteroatoms. The van der Waals surface area contributed by atoms with Crippen molar-refractivity contribution < 1.29 is 12.8 Å². The van der Waals surface area contributed by atoms with Crippen LogP contribution in [-0.2, 0) is 10.0 Å². The molecule has 0 fully saturated rings. The van der Waals surface area contributed by atoms with Crippen molar-refractivity contribution in [3.8, 4) is 0 Å². The van der Waals surface area contributed by atoms with Gasteiger partial charge in [0.2, 0.25) is 0 Å². The first kappa shape index (κ1) is 16.5. The van der Waals surface area contributed by atoms with E-state index in [-0.39, 0.29) is 10.6 Å². The maximum absolute atomic E-state index is 13.3. The van der Waals surface area contributed by atoms with E-state index in [0.717, 1.165) is 12.0 Å². The normalized spacial score (nSPS) is 12.9. The average Bonchev–Trinajstić information content (AvgIpc) is 2.50. The largest absolute Gasteiger partial charge is 0.279 e. The Balaban J connectivity index is 2.28. The zero-order valence-electron chi connectivity index (χ0n) is 12.9. The number of hydrogen-bond acceptors (Lipinski definition) is 2. The van der Waals surface area contributed by atoms with Crippen LogP contribution >= 0.6 is 0 Å². The van der Waals surface area contributed by atoms with Crippen LogP contribution in [-0.4, -0.2) is 8.42 Å². The van der Waals surface area contributed by atoms with Crippen molar-refractivity contribution in [1.29, 1.82) is 0 Å². The first-order valence-electron chi connectivity index (χ1n) is 7.22. The molecule has 0 spiro atoms. The fourth-order valence-corrected chi connectivity index (χ4v) is 3.24. The molecule has 0 aliphatic heterocycles. The Hall–Kier alpha value is -1.88. The molecule has 2 rings (SSSR count). The molecule has 1 unspecified atom stereocenters. The summed E-state index contributed by atoms with van der Waals surface area (Å²) in [7, 11) is -3.72. The molecule has 3 nitrogen and oxygen atoms in total. The first-order chi connectivity index (χ1) is 10.3. The van der Waals surface area contributed by atoms with Crippen molar-refractivity contribution >= 4 is 15.7 Å². The summed E-state index contributed by atoms with van der Waals surface area (Å²) in [5, 5.41) is 0. The molecule has 118 valence electrons. The van der Waals surface area contributed by atoms with E-state index in [4.69, 9.17) is 0 Å². The standard InChI is InChI=1S/C17H20FNO2S/c1-4-12(2)14-6-9-16(10-7-14)22(20,21)19-17-11-15(18)8-5-13(17)3/h5-12,19H,4H2,1-3H3. The second-order valence-electron chi connectivity index (χ2n) is 5.44. The number of hydrogen-bond donors (Lipinski definition) is 1. The summed E-state index contributed by atoms with van der Waals surface area (Å²) >= 11 is 0. The van der Waals surface area contributed by atoms with Crippen LogP contribution in [0.15, 0.2) is 47.4 Å². The van der Waals surface area contributed by atoms with Gasteiger partial charge in [0.05, 0.1) is 10.6 Å². The fourth-order valence-electron chi connectivity index (χ4n) is 2.12. The highest BCUT2D eigenvalue weighted by Crippen LogP contribution is 2.23. The van der Waals surface area contributed by atoms with Crippen LogP contribution in [0.2, 0.25) is 0 Å². The van der Waals surface area contributed by atoms with Crippen LogP contribution < -0.4 is 4.72 Å². The molecular weight excluding hydrogens is 301 g/mol. The second kappa shape index (κ2) is 6.48. The van der Waals surface area contributed by atoms with Gasteiger partial charge in [-0.15, -0.1) is 0 Å². The second-order valence-corrected chi connectivity index (χ2v) is 7.13. The smallest absolute Gasteiger partial charge is 0.261 e. The monoisotopic (exact) mass is 321 g/mol. The fraction of sp³-hybridized carbons (Fsp3) is 0.294. The summed E-state index contributed by atoms with van der Waals surface area (Å²) in [6.07, 6.45) is 0.993. The molecule has 0 saturated carbocycles. The van der Waals surface area contributed by atoms with Gasteiger partial charge in [0.25, 0.3) is 10.0 Å². The highest BCUT2D eigenvalue weighted by Gasteiger charge is 2.16. The Kier molecular flexibility index (Phi) is 4.86. The predicted molar refractivity (Wildman–Crippen MR) is 87.1 cm³/mol. The van der Waals surface area contributed by atoms with E-state index < -0.39 is 15.8 Å². The van der Waals surface area contributed by atoms with E-state index in [1.165, 1.54) is 12.1 Å². The van der Waals surface area contributed by atoms with E-state index in [9.17, 15) is 12.8 Å². The van der Waals surface area contributed by atoms with E-state index in [1.54, 1.807) is 25.1 Å². The number of halogens is 1. The summed E-state index contributed by atoms with van der Waals surface area (Å²) < 4.78 is 40.5. The average molecular weight is 321 g/mol. The SMILES string of the molecule is CCC(C)c1ccc(S(=O)(=O)Nc2cc(F)ccc2C)cc1.